The van der Waals surface area contributed by atoms with Crippen LogP contribution in [0.1, 0.15) is 23.7 Å². The van der Waals surface area contributed by atoms with Crippen LogP contribution in [0.25, 0.3) is 0 Å². The van der Waals surface area contributed by atoms with Gasteiger partial charge in [0, 0.05) is 4.90 Å². The van der Waals surface area contributed by atoms with Gasteiger partial charge in [0.2, 0.25) is 0 Å². The SMILES string of the molecule is CCC1(O)CN(C(=O)c2ccccc2SC(F)F)C1. The maximum atomic E-state index is 12.4. The Labute approximate surface area is 114 Å². The fourth-order valence-electron chi connectivity index (χ4n) is 2.04. The molecule has 2 rings (SSSR count). The van der Waals surface area contributed by atoms with Gasteiger partial charge in [-0.2, -0.15) is 8.78 Å². The van der Waals surface area contributed by atoms with Crippen molar-refractivity contribution in [2.24, 2.45) is 0 Å². The molecule has 1 aliphatic heterocycles. The van der Waals surface area contributed by atoms with Crippen molar-refractivity contribution < 1.29 is 18.7 Å². The first-order valence-corrected chi connectivity index (χ1v) is 6.88. The van der Waals surface area contributed by atoms with E-state index in [0.29, 0.717) is 18.2 Å². The van der Waals surface area contributed by atoms with E-state index in [2.05, 4.69) is 0 Å². The van der Waals surface area contributed by atoms with Crippen LogP contribution in [-0.4, -0.2) is 40.4 Å². The first kappa shape index (κ1) is 14.3. The van der Waals surface area contributed by atoms with E-state index in [4.69, 9.17) is 0 Å². The first-order chi connectivity index (χ1) is 8.95. The highest BCUT2D eigenvalue weighted by Crippen LogP contribution is 2.32. The molecule has 6 heteroatoms. The summed E-state index contributed by atoms with van der Waals surface area (Å²) in [5.74, 6) is -2.86. The minimum atomic E-state index is -2.56. The van der Waals surface area contributed by atoms with Crippen molar-refractivity contribution in [3.05, 3.63) is 29.8 Å². The van der Waals surface area contributed by atoms with Crippen molar-refractivity contribution in [2.45, 2.75) is 29.6 Å². The molecule has 0 radical (unpaired) electrons. The Morgan fingerprint density at radius 1 is 1.47 bits per heavy atom. The van der Waals surface area contributed by atoms with Crippen molar-refractivity contribution in [2.75, 3.05) is 13.1 Å². The number of β-amino-alcohol motifs (C(OH)–C–C–N with tert-alkyl or cyclic N) is 1. The van der Waals surface area contributed by atoms with Crippen molar-refractivity contribution in [1.29, 1.82) is 0 Å². The molecule has 1 saturated heterocycles. The Bertz CT molecular complexity index is 475. The number of carbonyl (C=O) groups is 1. The van der Waals surface area contributed by atoms with Gasteiger partial charge >= 0.3 is 0 Å². The Hall–Kier alpha value is -1.14. The zero-order valence-electron chi connectivity index (χ0n) is 10.5. The van der Waals surface area contributed by atoms with Crippen LogP contribution in [0.4, 0.5) is 8.78 Å². The van der Waals surface area contributed by atoms with Crippen molar-refractivity contribution in [3.8, 4) is 0 Å². The fourth-order valence-corrected chi connectivity index (χ4v) is 2.68. The van der Waals surface area contributed by atoms with Gasteiger partial charge in [-0.25, -0.2) is 0 Å². The quantitative estimate of drug-likeness (QED) is 0.865. The third-order valence-electron chi connectivity index (χ3n) is 3.25. The monoisotopic (exact) mass is 287 g/mol. The number of likely N-dealkylation sites (tertiary alicyclic amines) is 1. The molecular formula is C13H15F2NO2S. The number of amides is 1. The van der Waals surface area contributed by atoms with E-state index in [1.54, 1.807) is 12.1 Å². The fraction of sp³-hybridized carbons (Fsp3) is 0.462. The minimum Gasteiger partial charge on any atom is -0.386 e. The normalized spacial score (nSPS) is 17.4. The molecule has 1 aromatic carbocycles. The molecule has 1 amide bonds. The average molecular weight is 287 g/mol. The van der Waals surface area contributed by atoms with E-state index in [0.717, 1.165) is 0 Å². The van der Waals surface area contributed by atoms with Crippen LogP contribution in [0.3, 0.4) is 0 Å². The number of alkyl halides is 2. The van der Waals surface area contributed by atoms with E-state index in [-0.39, 0.29) is 29.5 Å². The Morgan fingerprint density at radius 3 is 2.68 bits per heavy atom. The van der Waals surface area contributed by atoms with Gasteiger partial charge in [-0.1, -0.05) is 30.8 Å². The number of rotatable bonds is 4. The number of benzene rings is 1. The van der Waals surface area contributed by atoms with E-state index in [9.17, 15) is 18.7 Å². The molecule has 0 aliphatic carbocycles. The number of carbonyl (C=O) groups excluding carboxylic acids is 1. The summed E-state index contributed by atoms with van der Waals surface area (Å²) in [6.45, 7) is 2.37. The molecule has 0 saturated carbocycles. The minimum absolute atomic E-state index is 0.260. The van der Waals surface area contributed by atoms with Crippen LogP contribution < -0.4 is 0 Å². The lowest BCUT2D eigenvalue weighted by atomic mass is 9.90. The van der Waals surface area contributed by atoms with Crippen LogP contribution in [-0.2, 0) is 0 Å². The number of halogens is 2. The van der Waals surface area contributed by atoms with Gasteiger partial charge < -0.3 is 10.0 Å². The number of aliphatic hydroxyl groups is 1. The van der Waals surface area contributed by atoms with Gasteiger partial charge in [-0.3, -0.25) is 4.79 Å². The van der Waals surface area contributed by atoms with Crippen LogP contribution in [0.2, 0.25) is 0 Å². The smallest absolute Gasteiger partial charge is 0.288 e. The van der Waals surface area contributed by atoms with Gasteiger partial charge in [0.1, 0.15) is 0 Å². The van der Waals surface area contributed by atoms with Gasteiger partial charge in [0.15, 0.2) is 0 Å². The molecule has 1 aliphatic rings. The molecule has 0 bridgehead atoms. The third kappa shape index (κ3) is 3.06. The number of nitrogens with zero attached hydrogens (tertiary/aromatic N) is 1. The van der Waals surface area contributed by atoms with Gasteiger partial charge in [-0.15, -0.1) is 0 Å². The molecular weight excluding hydrogens is 272 g/mol. The van der Waals surface area contributed by atoms with Crippen LogP contribution in [0.15, 0.2) is 29.2 Å². The number of hydrogen-bond acceptors (Lipinski definition) is 3. The maximum Gasteiger partial charge on any atom is 0.288 e. The van der Waals surface area contributed by atoms with Gasteiger partial charge in [-0.05, 0) is 18.6 Å². The topological polar surface area (TPSA) is 40.5 Å². The second kappa shape index (κ2) is 5.46. The second-order valence-electron chi connectivity index (χ2n) is 4.61. The summed E-state index contributed by atoms with van der Waals surface area (Å²) in [5.41, 5.74) is -0.550. The Kier molecular flexibility index (Phi) is 4.10. The van der Waals surface area contributed by atoms with E-state index >= 15 is 0 Å². The largest absolute Gasteiger partial charge is 0.386 e. The molecule has 1 heterocycles. The second-order valence-corrected chi connectivity index (χ2v) is 5.65. The molecule has 1 N–H and O–H groups in total. The van der Waals surface area contributed by atoms with Crippen LogP contribution in [0, 0.1) is 0 Å². The number of thioether (sulfide) groups is 1. The molecule has 1 fully saturated rings. The zero-order chi connectivity index (χ0) is 14.0. The Balaban J connectivity index is 2.12. The van der Waals surface area contributed by atoms with E-state index in [1.165, 1.54) is 17.0 Å². The molecule has 3 nitrogen and oxygen atoms in total. The molecule has 1 aromatic rings. The highest BCUT2D eigenvalue weighted by atomic mass is 32.2. The summed E-state index contributed by atoms with van der Waals surface area (Å²) in [7, 11) is 0. The van der Waals surface area contributed by atoms with Crippen molar-refractivity contribution in [3.63, 3.8) is 0 Å². The summed E-state index contributed by atoms with van der Waals surface area (Å²) < 4.78 is 24.9. The van der Waals surface area contributed by atoms with Crippen LogP contribution in [0.5, 0.6) is 0 Å². The molecule has 0 aromatic heterocycles. The molecule has 104 valence electrons. The highest BCUT2D eigenvalue weighted by molar-refractivity contribution is 7.99. The third-order valence-corrected chi connectivity index (χ3v) is 4.04. The van der Waals surface area contributed by atoms with E-state index in [1.807, 2.05) is 6.92 Å². The summed E-state index contributed by atoms with van der Waals surface area (Å²) in [6, 6.07) is 6.32. The highest BCUT2D eigenvalue weighted by Gasteiger charge is 2.42. The lowest BCUT2D eigenvalue weighted by Gasteiger charge is -2.46. The zero-order valence-corrected chi connectivity index (χ0v) is 11.3. The van der Waals surface area contributed by atoms with Crippen molar-refractivity contribution >= 4 is 17.7 Å². The summed E-state index contributed by atoms with van der Waals surface area (Å²) >= 11 is 0.368. The van der Waals surface area contributed by atoms with Crippen LogP contribution >= 0.6 is 11.8 Å². The molecule has 0 atom stereocenters. The molecule has 0 spiro atoms. The van der Waals surface area contributed by atoms with E-state index < -0.39 is 11.4 Å². The molecule has 19 heavy (non-hydrogen) atoms. The number of hydrogen-bond donors (Lipinski definition) is 1. The summed E-state index contributed by atoms with van der Waals surface area (Å²) in [5, 5.41) is 9.88. The van der Waals surface area contributed by atoms with Gasteiger partial charge in [0.05, 0.1) is 24.3 Å². The van der Waals surface area contributed by atoms with Gasteiger partial charge in [0.25, 0.3) is 11.7 Å². The Morgan fingerprint density at radius 2 is 2.11 bits per heavy atom. The lowest BCUT2D eigenvalue weighted by molar-refractivity contribution is -0.0827. The standard InChI is InChI=1S/C13H15F2NO2S/c1-2-13(18)7-16(8-13)11(17)9-5-3-4-6-10(9)19-12(14)15/h3-6,12,18H,2,7-8H2,1H3. The lowest BCUT2D eigenvalue weighted by Crippen LogP contribution is -2.63. The predicted molar refractivity (Wildman–Crippen MR) is 69.4 cm³/mol. The first-order valence-electron chi connectivity index (χ1n) is 6.01. The maximum absolute atomic E-state index is 12.4. The van der Waals surface area contributed by atoms with Crippen molar-refractivity contribution in [1.82, 2.24) is 4.90 Å². The average Bonchev–Trinajstić information content (AvgIpc) is 2.34. The predicted octanol–water partition coefficient (Wildman–Crippen LogP) is 2.60. The summed E-state index contributed by atoms with van der Waals surface area (Å²) in [6.07, 6.45) is 0.574. The molecule has 0 unspecified atom stereocenters. The summed E-state index contributed by atoms with van der Waals surface area (Å²) in [4.78, 5) is 13.9.